The molecule has 0 atom stereocenters. The van der Waals surface area contributed by atoms with E-state index in [0.29, 0.717) is 6.54 Å². The van der Waals surface area contributed by atoms with Crippen LogP contribution in [0.2, 0.25) is 0 Å². The highest BCUT2D eigenvalue weighted by atomic mass is 32.2. The molecular formula is C52H55N2O5S+. The quantitative estimate of drug-likeness (QED) is 0.0961. The van der Waals surface area contributed by atoms with Gasteiger partial charge in [0.25, 0.3) is 10.1 Å². The highest BCUT2D eigenvalue weighted by molar-refractivity contribution is 7.85. The Bertz CT molecular complexity index is 2800. The number of unbranched alkanes of at least 4 members (excludes halogenated alkanes) is 1. The number of rotatable bonds is 12. The zero-order valence-corrected chi connectivity index (χ0v) is 36.1. The van der Waals surface area contributed by atoms with Gasteiger partial charge in [0.15, 0.2) is 5.71 Å². The summed E-state index contributed by atoms with van der Waals surface area (Å²) >= 11 is 0. The topological polar surface area (TPSA) is 97.9 Å². The first-order valence-corrected chi connectivity index (χ1v) is 22.9. The van der Waals surface area contributed by atoms with E-state index in [4.69, 9.17) is 0 Å². The average Bonchev–Trinajstić information content (AvgIpc) is 3.58. The van der Waals surface area contributed by atoms with Gasteiger partial charge in [-0.05, 0) is 119 Å². The third-order valence-corrected chi connectivity index (χ3v) is 13.7. The van der Waals surface area contributed by atoms with Gasteiger partial charge in [-0.25, -0.2) is 4.79 Å². The summed E-state index contributed by atoms with van der Waals surface area (Å²) in [5.41, 5.74) is 11.3. The van der Waals surface area contributed by atoms with Crippen LogP contribution in [0.25, 0.3) is 27.1 Å². The number of allylic oxidation sites excluding steroid dienone is 8. The van der Waals surface area contributed by atoms with E-state index in [9.17, 15) is 22.9 Å². The molecule has 0 amide bonds. The summed E-state index contributed by atoms with van der Waals surface area (Å²) in [6.07, 6.45) is 14.2. The third-order valence-electron chi connectivity index (χ3n) is 12.9. The van der Waals surface area contributed by atoms with E-state index >= 15 is 0 Å². The zero-order valence-electron chi connectivity index (χ0n) is 35.3. The molecule has 0 fully saturated rings. The van der Waals surface area contributed by atoms with Crippen LogP contribution in [0.4, 0.5) is 11.4 Å². The minimum atomic E-state index is -4.12. The summed E-state index contributed by atoms with van der Waals surface area (Å²) < 4.78 is 35.8. The minimum absolute atomic E-state index is 0.242. The average molecular weight is 820 g/mol. The molecule has 5 aromatic carbocycles. The van der Waals surface area contributed by atoms with Crippen molar-refractivity contribution in [3.8, 4) is 0 Å². The molecule has 0 aromatic heterocycles. The molecule has 8 rings (SSSR count). The first-order chi connectivity index (χ1) is 28.7. The first kappa shape index (κ1) is 41.2. The van der Waals surface area contributed by atoms with Gasteiger partial charge >= 0.3 is 5.97 Å². The largest absolute Gasteiger partial charge is 0.478 e. The fraction of sp³-hybridized carbons (Fsp3) is 0.308. The van der Waals surface area contributed by atoms with Crippen LogP contribution in [0.1, 0.15) is 100 Å². The van der Waals surface area contributed by atoms with E-state index in [1.807, 2.05) is 18.2 Å². The van der Waals surface area contributed by atoms with Crippen molar-refractivity contribution in [2.75, 3.05) is 23.7 Å². The van der Waals surface area contributed by atoms with Gasteiger partial charge in [0.2, 0.25) is 5.69 Å². The monoisotopic (exact) mass is 819 g/mol. The van der Waals surface area contributed by atoms with Crippen molar-refractivity contribution < 1.29 is 27.4 Å². The third kappa shape index (κ3) is 7.56. The molecule has 8 heteroatoms. The van der Waals surface area contributed by atoms with Crippen molar-refractivity contribution in [3.63, 3.8) is 0 Å². The van der Waals surface area contributed by atoms with E-state index in [1.54, 1.807) is 12.1 Å². The summed E-state index contributed by atoms with van der Waals surface area (Å²) in [6.45, 7) is 12.7. The lowest BCUT2D eigenvalue weighted by Crippen LogP contribution is -2.28. The van der Waals surface area contributed by atoms with Gasteiger partial charge in [0.05, 0.1) is 16.7 Å². The Kier molecular flexibility index (Phi) is 11.1. The predicted molar refractivity (Wildman–Crippen MR) is 247 cm³/mol. The van der Waals surface area contributed by atoms with Crippen molar-refractivity contribution in [2.24, 2.45) is 0 Å². The molecule has 2 aliphatic heterocycles. The second kappa shape index (κ2) is 16.1. The summed E-state index contributed by atoms with van der Waals surface area (Å²) in [6, 6.07) is 33.1. The van der Waals surface area contributed by atoms with Crippen LogP contribution in [0.3, 0.4) is 0 Å². The molecule has 0 bridgehead atoms. The number of carboxylic acids is 1. The fourth-order valence-electron chi connectivity index (χ4n) is 10.0. The van der Waals surface area contributed by atoms with Crippen molar-refractivity contribution in [2.45, 2.75) is 84.0 Å². The lowest BCUT2D eigenvalue weighted by Gasteiger charge is -2.28. The Morgan fingerprint density at radius 1 is 0.783 bits per heavy atom. The maximum atomic E-state index is 12.0. The van der Waals surface area contributed by atoms with Crippen molar-refractivity contribution in [1.29, 1.82) is 0 Å². The van der Waals surface area contributed by atoms with Crippen LogP contribution in [0.15, 0.2) is 138 Å². The molecule has 2 heterocycles. The number of nitrogens with zero attached hydrogens (tertiary/aromatic N) is 2. The number of hydrogen-bond donors (Lipinski definition) is 2. The van der Waals surface area contributed by atoms with Gasteiger partial charge in [-0.15, -0.1) is 0 Å². The van der Waals surface area contributed by atoms with Crippen LogP contribution in [0.5, 0.6) is 0 Å². The number of carboxylic acid groups (broad SMARTS) is 1. The molecule has 1 aliphatic carbocycles. The van der Waals surface area contributed by atoms with Gasteiger partial charge < -0.3 is 10.0 Å². The summed E-state index contributed by atoms with van der Waals surface area (Å²) in [4.78, 5) is 14.2. The van der Waals surface area contributed by atoms with Crippen LogP contribution in [-0.4, -0.2) is 53.2 Å². The second-order valence-corrected chi connectivity index (χ2v) is 19.1. The smallest absolute Gasteiger partial charge is 0.335 e. The molecule has 3 aliphatic rings. The van der Waals surface area contributed by atoms with Crippen molar-refractivity contribution in [1.82, 2.24) is 0 Å². The maximum Gasteiger partial charge on any atom is 0.335 e. The molecule has 5 aromatic rings. The number of carbonyl (C=O) groups is 1. The maximum absolute atomic E-state index is 12.0. The lowest BCUT2D eigenvalue weighted by atomic mass is 9.78. The number of hydrogen-bond acceptors (Lipinski definition) is 4. The highest BCUT2D eigenvalue weighted by Gasteiger charge is 2.45. The standard InChI is InChI=1S/C52H54N2O5S/c1-6-7-32-53-43-28-24-35-14-8-10-18-41(35)48(43)51(2,3)45(53)30-26-37-16-12-17-38(47(37)39-20-22-40(23-21-39)50(55)56)27-31-46-52(4,5)49-42-19-11-9-15-36(42)25-29-44(49)54(46)33-13-34-60(57,58)59/h8-11,14-15,18-31H,6-7,12-13,16-17,32-34H2,1-5H3,(H-,55,56,57,58,59)/p+1. The van der Waals surface area contributed by atoms with E-state index in [-0.39, 0.29) is 23.2 Å². The fourth-order valence-corrected chi connectivity index (χ4v) is 10.5. The number of anilines is 1. The Labute approximate surface area is 354 Å². The Morgan fingerprint density at radius 2 is 1.45 bits per heavy atom. The molecule has 2 N–H and O–H groups in total. The number of aromatic carboxylic acids is 1. The SMILES string of the molecule is CCCC[N+]1=C(/C=C/C2=C(c3ccc(C(=O)O)cc3)C(=C/C=C3/N(CCCS(=O)(=O)O)c4ccc5ccccc5c4C3(C)C)/CCC2)C(C)(C)c2c1ccc1ccccc21. The van der Waals surface area contributed by atoms with E-state index < -0.39 is 21.5 Å². The number of fused-ring (bicyclic) bond motifs is 6. The number of benzene rings is 5. The van der Waals surface area contributed by atoms with E-state index in [2.05, 4.69) is 135 Å². The summed E-state index contributed by atoms with van der Waals surface area (Å²) in [7, 11) is -4.12. The van der Waals surface area contributed by atoms with E-state index in [0.717, 1.165) is 71.9 Å². The second-order valence-electron chi connectivity index (χ2n) is 17.5. The van der Waals surface area contributed by atoms with Crippen molar-refractivity contribution in [3.05, 3.63) is 160 Å². The molecule has 308 valence electrons. The highest BCUT2D eigenvalue weighted by Crippen LogP contribution is 2.51. The van der Waals surface area contributed by atoms with Gasteiger partial charge in [-0.2, -0.15) is 13.0 Å². The van der Waals surface area contributed by atoms with Gasteiger partial charge in [-0.3, -0.25) is 4.55 Å². The Hall–Kier alpha value is -5.57. The molecule has 0 radical (unpaired) electrons. The van der Waals surface area contributed by atoms with Crippen LogP contribution < -0.4 is 4.90 Å². The molecule has 0 saturated heterocycles. The van der Waals surface area contributed by atoms with Crippen LogP contribution in [0, 0.1) is 0 Å². The van der Waals surface area contributed by atoms with E-state index in [1.165, 1.54) is 44.4 Å². The first-order valence-electron chi connectivity index (χ1n) is 21.3. The Balaban J connectivity index is 1.27. The molecule has 0 spiro atoms. The molecule has 0 saturated carbocycles. The molecule has 0 unspecified atom stereocenters. The summed E-state index contributed by atoms with van der Waals surface area (Å²) in [5.74, 6) is -1.27. The van der Waals surface area contributed by atoms with Gasteiger partial charge in [-0.1, -0.05) is 106 Å². The molecular weight excluding hydrogens is 765 g/mol. The Morgan fingerprint density at radius 3 is 2.12 bits per heavy atom. The zero-order chi connectivity index (χ0) is 42.4. The van der Waals surface area contributed by atoms with Crippen LogP contribution in [-0.2, 0) is 20.9 Å². The van der Waals surface area contributed by atoms with Crippen molar-refractivity contribution >= 4 is 60.3 Å². The molecule has 7 nitrogen and oxygen atoms in total. The van der Waals surface area contributed by atoms with Gasteiger partial charge in [0, 0.05) is 47.5 Å². The van der Waals surface area contributed by atoms with Crippen LogP contribution >= 0.6 is 0 Å². The lowest BCUT2D eigenvalue weighted by molar-refractivity contribution is -0.438. The normalized spacial score (nSPS) is 18.7. The molecule has 60 heavy (non-hydrogen) atoms. The minimum Gasteiger partial charge on any atom is -0.478 e. The summed E-state index contributed by atoms with van der Waals surface area (Å²) in [5, 5.41) is 14.6. The van der Waals surface area contributed by atoms with Gasteiger partial charge in [0.1, 0.15) is 6.54 Å². The predicted octanol–water partition coefficient (Wildman–Crippen LogP) is 11.9.